The van der Waals surface area contributed by atoms with Crippen LogP contribution in [-0.2, 0) is 0 Å². The Morgan fingerprint density at radius 1 is 1.19 bits per heavy atom. The van der Waals surface area contributed by atoms with Gasteiger partial charge in [-0.15, -0.1) is 0 Å². The SMILES string of the molecule is COc1ccc([C@@H]2CCCNC2)cc1OC. The Hall–Kier alpha value is -1.22. The van der Waals surface area contributed by atoms with Crippen LogP contribution in [0.25, 0.3) is 0 Å². The molecule has 0 aromatic heterocycles. The highest BCUT2D eigenvalue weighted by molar-refractivity contribution is 5.44. The highest BCUT2D eigenvalue weighted by Crippen LogP contribution is 2.32. The van der Waals surface area contributed by atoms with Gasteiger partial charge in [-0.1, -0.05) is 6.07 Å². The van der Waals surface area contributed by atoms with E-state index in [1.165, 1.54) is 18.4 Å². The normalized spacial score (nSPS) is 20.5. The minimum Gasteiger partial charge on any atom is -0.493 e. The summed E-state index contributed by atoms with van der Waals surface area (Å²) in [5.74, 6) is 2.23. The summed E-state index contributed by atoms with van der Waals surface area (Å²) in [5, 5.41) is 3.43. The molecule has 1 aliphatic heterocycles. The van der Waals surface area contributed by atoms with Crippen molar-refractivity contribution in [3.63, 3.8) is 0 Å². The van der Waals surface area contributed by atoms with Crippen LogP contribution in [0.2, 0.25) is 0 Å². The maximum atomic E-state index is 5.32. The van der Waals surface area contributed by atoms with Crippen molar-refractivity contribution >= 4 is 0 Å². The van der Waals surface area contributed by atoms with Crippen LogP contribution >= 0.6 is 0 Å². The van der Waals surface area contributed by atoms with Gasteiger partial charge in [0.25, 0.3) is 0 Å². The molecule has 0 bridgehead atoms. The third-order valence-corrected chi connectivity index (χ3v) is 3.18. The summed E-state index contributed by atoms with van der Waals surface area (Å²) in [6.07, 6.45) is 2.50. The van der Waals surface area contributed by atoms with E-state index in [0.717, 1.165) is 24.6 Å². The topological polar surface area (TPSA) is 30.5 Å². The molecule has 1 N–H and O–H groups in total. The van der Waals surface area contributed by atoms with E-state index in [4.69, 9.17) is 9.47 Å². The summed E-state index contributed by atoms with van der Waals surface area (Å²) in [5.41, 5.74) is 1.34. The molecule has 0 aliphatic carbocycles. The van der Waals surface area contributed by atoms with Crippen LogP contribution < -0.4 is 14.8 Å². The Morgan fingerprint density at radius 2 is 2.00 bits per heavy atom. The molecule has 1 heterocycles. The lowest BCUT2D eigenvalue weighted by Crippen LogP contribution is -2.28. The first kappa shape index (κ1) is 11.3. The monoisotopic (exact) mass is 221 g/mol. The lowest BCUT2D eigenvalue weighted by atomic mass is 9.91. The Morgan fingerprint density at radius 3 is 2.62 bits per heavy atom. The average Bonchev–Trinajstić information content (AvgIpc) is 2.39. The van der Waals surface area contributed by atoms with Crippen LogP contribution in [0.4, 0.5) is 0 Å². The minimum atomic E-state index is 0.605. The Labute approximate surface area is 96.8 Å². The van der Waals surface area contributed by atoms with Crippen LogP contribution in [0.5, 0.6) is 11.5 Å². The van der Waals surface area contributed by atoms with Crippen molar-refractivity contribution < 1.29 is 9.47 Å². The van der Waals surface area contributed by atoms with Gasteiger partial charge >= 0.3 is 0 Å². The molecule has 0 saturated carbocycles. The van der Waals surface area contributed by atoms with Crippen molar-refractivity contribution in [2.24, 2.45) is 0 Å². The number of ether oxygens (including phenoxy) is 2. The smallest absolute Gasteiger partial charge is 0.160 e. The van der Waals surface area contributed by atoms with Crippen LogP contribution in [0.1, 0.15) is 24.3 Å². The zero-order valence-electron chi connectivity index (χ0n) is 9.95. The van der Waals surface area contributed by atoms with Gasteiger partial charge in [-0.25, -0.2) is 0 Å². The maximum Gasteiger partial charge on any atom is 0.160 e. The summed E-state index contributed by atoms with van der Waals surface area (Å²) >= 11 is 0. The van der Waals surface area contributed by atoms with E-state index in [-0.39, 0.29) is 0 Å². The second-order valence-electron chi connectivity index (χ2n) is 4.16. The Balaban J connectivity index is 2.20. The lowest BCUT2D eigenvalue weighted by Gasteiger charge is -2.23. The van der Waals surface area contributed by atoms with Gasteiger partial charge in [0.15, 0.2) is 11.5 Å². The van der Waals surface area contributed by atoms with E-state index in [1.54, 1.807) is 14.2 Å². The number of benzene rings is 1. The molecule has 1 saturated heterocycles. The van der Waals surface area contributed by atoms with E-state index in [2.05, 4.69) is 17.4 Å². The lowest BCUT2D eigenvalue weighted by molar-refractivity contribution is 0.353. The minimum absolute atomic E-state index is 0.605. The second-order valence-corrected chi connectivity index (χ2v) is 4.16. The third-order valence-electron chi connectivity index (χ3n) is 3.18. The van der Waals surface area contributed by atoms with E-state index < -0.39 is 0 Å². The fourth-order valence-electron chi connectivity index (χ4n) is 2.24. The number of hydrogen-bond donors (Lipinski definition) is 1. The van der Waals surface area contributed by atoms with E-state index in [0.29, 0.717) is 5.92 Å². The molecule has 0 unspecified atom stereocenters. The fourth-order valence-corrected chi connectivity index (χ4v) is 2.24. The zero-order valence-corrected chi connectivity index (χ0v) is 9.95. The molecule has 1 aromatic carbocycles. The first-order valence-electron chi connectivity index (χ1n) is 5.78. The molecular weight excluding hydrogens is 202 g/mol. The zero-order chi connectivity index (χ0) is 11.4. The van der Waals surface area contributed by atoms with Gasteiger partial charge in [-0.05, 0) is 43.0 Å². The number of hydrogen-bond acceptors (Lipinski definition) is 3. The predicted octanol–water partition coefficient (Wildman–Crippen LogP) is 2.17. The highest BCUT2D eigenvalue weighted by atomic mass is 16.5. The van der Waals surface area contributed by atoms with Crippen molar-refractivity contribution in [3.05, 3.63) is 23.8 Å². The molecule has 1 fully saturated rings. The van der Waals surface area contributed by atoms with Crippen molar-refractivity contribution in [3.8, 4) is 11.5 Å². The maximum absolute atomic E-state index is 5.32. The fraction of sp³-hybridized carbons (Fsp3) is 0.538. The number of piperidine rings is 1. The van der Waals surface area contributed by atoms with Gasteiger partial charge in [0.05, 0.1) is 14.2 Å². The summed E-state index contributed by atoms with van der Waals surface area (Å²) in [7, 11) is 3.35. The molecular formula is C13H19NO2. The average molecular weight is 221 g/mol. The Bertz CT molecular complexity index is 346. The molecule has 88 valence electrons. The molecule has 0 spiro atoms. The van der Waals surface area contributed by atoms with Gasteiger partial charge in [0.2, 0.25) is 0 Å². The van der Waals surface area contributed by atoms with Crippen LogP contribution in [0, 0.1) is 0 Å². The quantitative estimate of drug-likeness (QED) is 0.848. The third kappa shape index (κ3) is 2.30. The van der Waals surface area contributed by atoms with E-state index >= 15 is 0 Å². The number of methoxy groups -OCH3 is 2. The number of rotatable bonds is 3. The van der Waals surface area contributed by atoms with Crippen LogP contribution in [0.15, 0.2) is 18.2 Å². The standard InChI is InChI=1S/C13H19NO2/c1-15-12-6-5-10(8-13(12)16-2)11-4-3-7-14-9-11/h5-6,8,11,14H,3-4,7,9H2,1-2H3/t11-/m1/s1. The largest absolute Gasteiger partial charge is 0.493 e. The van der Waals surface area contributed by atoms with Gasteiger partial charge in [0.1, 0.15) is 0 Å². The molecule has 1 aliphatic rings. The summed E-state index contributed by atoms with van der Waals surface area (Å²) in [4.78, 5) is 0. The molecule has 3 nitrogen and oxygen atoms in total. The van der Waals surface area contributed by atoms with E-state index in [9.17, 15) is 0 Å². The molecule has 3 heteroatoms. The van der Waals surface area contributed by atoms with Crippen molar-refractivity contribution in [2.75, 3.05) is 27.3 Å². The summed E-state index contributed by atoms with van der Waals surface area (Å²) in [6, 6.07) is 6.22. The molecule has 0 radical (unpaired) electrons. The van der Waals surface area contributed by atoms with Crippen LogP contribution in [0.3, 0.4) is 0 Å². The van der Waals surface area contributed by atoms with Gasteiger partial charge < -0.3 is 14.8 Å². The highest BCUT2D eigenvalue weighted by Gasteiger charge is 2.16. The first-order chi connectivity index (χ1) is 7.85. The number of nitrogens with one attached hydrogen (secondary N) is 1. The van der Waals surface area contributed by atoms with Crippen molar-refractivity contribution in [1.29, 1.82) is 0 Å². The molecule has 2 rings (SSSR count). The van der Waals surface area contributed by atoms with Gasteiger partial charge in [-0.2, -0.15) is 0 Å². The van der Waals surface area contributed by atoms with Gasteiger partial charge in [-0.3, -0.25) is 0 Å². The second kappa shape index (κ2) is 5.21. The molecule has 1 atom stereocenters. The molecule has 16 heavy (non-hydrogen) atoms. The Kier molecular flexibility index (Phi) is 3.67. The predicted molar refractivity (Wildman–Crippen MR) is 64.4 cm³/mol. The summed E-state index contributed by atoms with van der Waals surface area (Å²) < 4.78 is 10.6. The van der Waals surface area contributed by atoms with Crippen molar-refractivity contribution in [2.45, 2.75) is 18.8 Å². The molecule has 1 aromatic rings. The van der Waals surface area contributed by atoms with E-state index in [1.807, 2.05) is 6.07 Å². The van der Waals surface area contributed by atoms with Gasteiger partial charge in [0, 0.05) is 6.54 Å². The van der Waals surface area contributed by atoms with Crippen molar-refractivity contribution in [1.82, 2.24) is 5.32 Å². The van der Waals surface area contributed by atoms with Crippen LogP contribution in [-0.4, -0.2) is 27.3 Å². The summed E-state index contributed by atoms with van der Waals surface area (Å²) in [6.45, 7) is 2.21. The first-order valence-corrected chi connectivity index (χ1v) is 5.78. The molecule has 0 amide bonds.